The zero-order valence-corrected chi connectivity index (χ0v) is 52.6. The van der Waals surface area contributed by atoms with Crippen LogP contribution in [0, 0.1) is 0 Å². The van der Waals surface area contributed by atoms with E-state index in [1.165, 1.54) is 199 Å². The Balaban J connectivity index is 0.877. The maximum atomic E-state index is 2.53. The topological polar surface area (TPSA) is 0 Å². The van der Waals surface area contributed by atoms with E-state index in [0.29, 0.717) is 0 Å². The third-order valence-electron chi connectivity index (χ3n) is 20.3. The van der Waals surface area contributed by atoms with Crippen LogP contribution in [0.2, 0.25) is 0 Å². The van der Waals surface area contributed by atoms with Crippen molar-refractivity contribution in [3.05, 3.63) is 364 Å². The minimum atomic E-state index is 1.18. The van der Waals surface area contributed by atoms with Gasteiger partial charge in [0, 0.05) is 0 Å². The third kappa shape index (κ3) is 8.99. The summed E-state index contributed by atoms with van der Waals surface area (Å²) in [6.07, 6.45) is 0. The molecule has 2 aliphatic carbocycles. The van der Waals surface area contributed by atoms with Gasteiger partial charge >= 0.3 is 0 Å². The molecule has 0 saturated carbocycles. The van der Waals surface area contributed by atoms with E-state index >= 15 is 0 Å². The van der Waals surface area contributed by atoms with Crippen molar-refractivity contribution in [1.82, 2.24) is 0 Å². The summed E-state index contributed by atoms with van der Waals surface area (Å²) in [5.41, 5.74) is 36.6. The molecule has 2 aliphatic rings. The first-order valence-corrected chi connectivity index (χ1v) is 33.4. The monoisotopic (exact) mass is 1210 g/mol. The fourth-order valence-electron chi connectivity index (χ4n) is 16.1. The van der Waals surface area contributed by atoms with Gasteiger partial charge in [0.05, 0.1) is 0 Å². The lowest BCUT2D eigenvalue weighted by molar-refractivity contribution is 1.57. The quantitative estimate of drug-likeness (QED) is 0.121. The van der Waals surface area contributed by atoms with Crippen LogP contribution in [0.5, 0.6) is 0 Å². The standard InChI is InChI=1S/C96H60/c1-7-25-61(26-8-1)67-37-19-41-71(55-67)75-49-50-76(72-42-20-38-68(56-72)62-27-9-2-10-28-62)94-83-53-51-77(79-45-23-47-81(91(79)83)93(75)94)78-52-54-84-92-80(78)46-24-48-82(92)95-89(73-43-21-39-69(57-73)63-29-11-3-12-30-63)87-59-85(65-33-15-5-16-34-65)86(66-35-17-6-18-36-66)60-88(87)90(96(84)95)74-44-22-40-70(58-74)64-31-13-4-14-32-64/h1-60H. The molecule has 0 atom stereocenters. The highest BCUT2D eigenvalue weighted by molar-refractivity contribution is 6.31. The summed E-state index contributed by atoms with van der Waals surface area (Å²) in [6.45, 7) is 0. The summed E-state index contributed by atoms with van der Waals surface area (Å²) < 4.78 is 0. The SMILES string of the molecule is c1ccc(-c2cccc(-c3ccc(-c4cccc(-c5ccccc5)c4)c4c3-c3cccc5c(-c6ccc7c8c(cccc68)-c6c-7c(-c7cccc(-c8ccccc8)c7)c7cc(-c8ccccc8)c(-c8ccccc8)cc7c6-c6cccc(-c7ccccc7)c6)ccc-4c35)c2)cc1. The summed E-state index contributed by atoms with van der Waals surface area (Å²) >= 11 is 0. The van der Waals surface area contributed by atoms with Crippen LogP contribution < -0.4 is 0 Å². The highest BCUT2D eigenvalue weighted by Gasteiger charge is 2.34. The van der Waals surface area contributed by atoms with Crippen molar-refractivity contribution in [2.45, 2.75) is 0 Å². The van der Waals surface area contributed by atoms with E-state index in [-0.39, 0.29) is 0 Å². The van der Waals surface area contributed by atoms with Crippen LogP contribution in [0.25, 0.3) is 199 Å². The van der Waals surface area contributed by atoms with Crippen LogP contribution in [0.1, 0.15) is 0 Å². The van der Waals surface area contributed by atoms with Crippen molar-refractivity contribution < 1.29 is 0 Å². The zero-order valence-electron chi connectivity index (χ0n) is 52.6. The van der Waals surface area contributed by atoms with Crippen molar-refractivity contribution in [2.75, 3.05) is 0 Å². The fourth-order valence-corrected chi connectivity index (χ4v) is 16.1. The lowest BCUT2D eigenvalue weighted by Crippen LogP contribution is -1.96. The van der Waals surface area contributed by atoms with E-state index in [9.17, 15) is 0 Å². The van der Waals surface area contributed by atoms with Crippen molar-refractivity contribution in [3.63, 3.8) is 0 Å². The molecule has 0 N–H and O–H groups in total. The molecule has 0 saturated heterocycles. The molecule has 96 heavy (non-hydrogen) atoms. The molecule has 0 heteroatoms. The summed E-state index contributed by atoms with van der Waals surface area (Å²) in [4.78, 5) is 0. The number of fused-ring (bicyclic) bond motifs is 7. The van der Waals surface area contributed by atoms with Gasteiger partial charge in [0.15, 0.2) is 0 Å². The van der Waals surface area contributed by atoms with E-state index < -0.39 is 0 Å². The minimum absolute atomic E-state index is 1.18. The van der Waals surface area contributed by atoms with Crippen LogP contribution in [0.15, 0.2) is 364 Å². The summed E-state index contributed by atoms with van der Waals surface area (Å²) in [5, 5.41) is 7.48. The first-order valence-electron chi connectivity index (χ1n) is 33.4. The Kier molecular flexibility index (Phi) is 13.0. The molecule has 17 aromatic rings. The second-order valence-corrected chi connectivity index (χ2v) is 25.7. The molecule has 19 rings (SSSR count). The van der Waals surface area contributed by atoms with Gasteiger partial charge in [-0.2, -0.15) is 0 Å². The summed E-state index contributed by atoms with van der Waals surface area (Å²) in [7, 11) is 0. The first-order chi connectivity index (χ1) is 47.6. The van der Waals surface area contributed by atoms with E-state index in [1.54, 1.807) is 0 Å². The molecule has 0 amide bonds. The molecule has 0 spiro atoms. The molecule has 17 aromatic carbocycles. The minimum Gasteiger partial charge on any atom is -0.0622 e. The second kappa shape index (κ2) is 22.7. The third-order valence-corrected chi connectivity index (χ3v) is 20.3. The average molecular weight is 1210 g/mol. The molecule has 0 radical (unpaired) electrons. The van der Waals surface area contributed by atoms with Crippen LogP contribution in [0.4, 0.5) is 0 Å². The highest BCUT2D eigenvalue weighted by Crippen LogP contribution is 2.62. The number of benzene rings is 17. The average Bonchev–Trinajstić information content (AvgIpc) is 1.49. The largest absolute Gasteiger partial charge is 0.0622 e. The predicted molar refractivity (Wildman–Crippen MR) is 408 cm³/mol. The van der Waals surface area contributed by atoms with E-state index in [0.717, 1.165) is 0 Å². The smallest absolute Gasteiger partial charge is 0.000740 e. The van der Waals surface area contributed by atoms with Gasteiger partial charge in [-0.05, 0) is 236 Å². The summed E-state index contributed by atoms with van der Waals surface area (Å²) in [6, 6.07) is 136. The van der Waals surface area contributed by atoms with Gasteiger partial charge in [-0.25, -0.2) is 0 Å². The Hall–Kier alpha value is -12.5. The van der Waals surface area contributed by atoms with Gasteiger partial charge in [0.1, 0.15) is 0 Å². The van der Waals surface area contributed by atoms with Gasteiger partial charge < -0.3 is 0 Å². The first kappa shape index (κ1) is 55.2. The van der Waals surface area contributed by atoms with Crippen molar-refractivity contribution in [3.8, 4) is 167 Å². The van der Waals surface area contributed by atoms with Crippen LogP contribution >= 0.6 is 0 Å². The van der Waals surface area contributed by atoms with E-state index in [1.807, 2.05) is 0 Å². The molecular weight excluding hydrogens is 1150 g/mol. The summed E-state index contributed by atoms with van der Waals surface area (Å²) in [5.74, 6) is 0. The van der Waals surface area contributed by atoms with E-state index in [4.69, 9.17) is 0 Å². The lowest BCUT2D eigenvalue weighted by atomic mass is 9.79. The van der Waals surface area contributed by atoms with Crippen LogP contribution in [-0.2, 0) is 0 Å². The van der Waals surface area contributed by atoms with E-state index in [2.05, 4.69) is 364 Å². The Morgan fingerprint density at radius 3 is 0.719 bits per heavy atom. The normalized spacial score (nSPS) is 11.8. The molecule has 0 heterocycles. The van der Waals surface area contributed by atoms with Crippen molar-refractivity contribution in [2.24, 2.45) is 0 Å². The van der Waals surface area contributed by atoms with Crippen LogP contribution in [-0.4, -0.2) is 0 Å². The van der Waals surface area contributed by atoms with Crippen molar-refractivity contribution >= 4 is 32.3 Å². The molecular formula is C96H60. The molecule has 0 aromatic heterocycles. The van der Waals surface area contributed by atoms with Crippen molar-refractivity contribution in [1.29, 1.82) is 0 Å². The maximum absolute atomic E-state index is 2.53. The van der Waals surface area contributed by atoms with Gasteiger partial charge in [-0.15, -0.1) is 0 Å². The second-order valence-electron chi connectivity index (χ2n) is 25.7. The zero-order chi connectivity index (χ0) is 63.2. The number of rotatable bonds is 11. The molecule has 0 aliphatic heterocycles. The fraction of sp³-hybridized carbons (Fsp3) is 0. The highest BCUT2D eigenvalue weighted by atomic mass is 14.4. The number of hydrogen-bond acceptors (Lipinski definition) is 0. The molecule has 0 unspecified atom stereocenters. The molecule has 0 nitrogen and oxygen atoms in total. The van der Waals surface area contributed by atoms with Crippen LogP contribution in [0.3, 0.4) is 0 Å². The lowest BCUT2D eigenvalue weighted by Gasteiger charge is -2.23. The van der Waals surface area contributed by atoms with Gasteiger partial charge in [0.2, 0.25) is 0 Å². The maximum Gasteiger partial charge on any atom is -0.000740 e. The Morgan fingerprint density at radius 1 is 0.104 bits per heavy atom. The number of hydrogen-bond donors (Lipinski definition) is 0. The molecule has 0 fully saturated rings. The molecule has 0 bridgehead atoms. The predicted octanol–water partition coefficient (Wildman–Crippen LogP) is 26.8. The Bertz CT molecular complexity index is 5650. The Labute approximate surface area is 559 Å². The van der Waals surface area contributed by atoms with Gasteiger partial charge in [-0.3, -0.25) is 0 Å². The van der Waals surface area contributed by atoms with Gasteiger partial charge in [-0.1, -0.05) is 328 Å². The molecule has 444 valence electrons. The Morgan fingerprint density at radius 2 is 0.354 bits per heavy atom. The van der Waals surface area contributed by atoms with Gasteiger partial charge in [0.25, 0.3) is 0 Å².